The van der Waals surface area contributed by atoms with E-state index >= 15 is 4.39 Å². The van der Waals surface area contributed by atoms with Crippen LogP contribution in [0.3, 0.4) is 0 Å². The van der Waals surface area contributed by atoms with Gasteiger partial charge < -0.3 is 29.3 Å². The van der Waals surface area contributed by atoms with Crippen LogP contribution in [-0.2, 0) is 27.2 Å². The van der Waals surface area contributed by atoms with Crippen LogP contribution in [0.15, 0.2) is 79.1 Å². The molecule has 8 rings (SSSR count). The van der Waals surface area contributed by atoms with Crippen LogP contribution in [0.4, 0.5) is 14.9 Å². The number of anilines is 1. The van der Waals surface area contributed by atoms with Crippen molar-refractivity contribution in [2.75, 3.05) is 51.8 Å². The number of halogens is 3. The first kappa shape index (κ1) is 40.7. The summed E-state index contributed by atoms with van der Waals surface area (Å²) in [5.74, 6) is -0.619. The van der Waals surface area contributed by atoms with Crippen LogP contribution < -0.4 is 19.4 Å². The average Bonchev–Trinajstić information content (AvgIpc) is 3.18. The topological polar surface area (TPSA) is 142 Å². The van der Waals surface area contributed by atoms with Crippen molar-refractivity contribution >= 4 is 46.9 Å². The fraction of sp³-hybridized carbons (Fsp3) is 0.366. The summed E-state index contributed by atoms with van der Waals surface area (Å²) in [6.45, 7) is 2.94. The SMILES string of the molecule is COc1ccc([C@H](Cc2c(Cl)c[nH+]cc2Cl)OC(=O)C2CN(C(=O)c3cccc(CN(C(=O)O[C@H]4CN5CCC4CC5)c4ccccc4F)c3)C2)cc1OC.[OH-]. The molecule has 56 heavy (non-hydrogen) atoms. The summed E-state index contributed by atoms with van der Waals surface area (Å²) in [5, 5.41) is 0.777. The highest BCUT2D eigenvalue weighted by Gasteiger charge is 2.40. The van der Waals surface area contributed by atoms with E-state index in [9.17, 15) is 14.4 Å². The van der Waals surface area contributed by atoms with Crippen molar-refractivity contribution in [3.05, 3.63) is 117 Å². The second kappa shape index (κ2) is 17.9. The van der Waals surface area contributed by atoms with Gasteiger partial charge in [0.1, 0.15) is 28.1 Å². The highest BCUT2D eigenvalue weighted by atomic mass is 35.5. The maximum Gasteiger partial charge on any atom is 0.415 e. The summed E-state index contributed by atoms with van der Waals surface area (Å²) in [6.07, 6.45) is 3.65. The Morgan fingerprint density at radius 1 is 0.911 bits per heavy atom. The Bertz CT molecular complexity index is 2040. The number of piperidine rings is 3. The average molecular weight is 810 g/mol. The predicted molar refractivity (Wildman–Crippen MR) is 205 cm³/mol. The van der Waals surface area contributed by atoms with Gasteiger partial charge in [-0.15, -0.1) is 0 Å². The molecule has 1 aromatic heterocycles. The van der Waals surface area contributed by atoms with E-state index in [2.05, 4.69) is 9.88 Å². The molecule has 296 valence electrons. The normalized spacial score (nSPS) is 19.2. The van der Waals surface area contributed by atoms with Crippen LogP contribution in [0.1, 0.15) is 46.0 Å². The lowest BCUT2D eigenvalue weighted by atomic mass is 9.86. The molecule has 0 unspecified atom stereocenters. The minimum Gasteiger partial charge on any atom is -0.870 e. The third kappa shape index (κ3) is 8.86. The van der Waals surface area contributed by atoms with E-state index in [1.807, 2.05) is 0 Å². The number of carbonyl (C=O) groups excluding carboxylic acids is 3. The van der Waals surface area contributed by atoms with Gasteiger partial charge in [-0.25, -0.2) is 14.2 Å². The van der Waals surface area contributed by atoms with Crippen molar-refractivity contribution in [3.8, 4) is 11.5 Å². The van der Waals surface area contributed by atoms with E-state index in [4.69, 9.17) is 42.1 Å². The monoisotopic (exact) mass is 808 g/mol. The van der Waals surface area contributed by atoms with E-state index in [0.717, 1.165) is 25.9 Å². The number of aromatic amines is 1. The number of rotatable bonds is 12. The lowest BCUT2D eigenvalue weighted by Crippen LogP contribution is -2.53. The molecule has 5 heterocycles. The number of carbonyl (C=O) groups is 3. The summed E-state index contributed by atoms with van der Waals surface area (Å²) in [5.41, 5.74) is 2.32. The Kier molecular flexibility index (Phi) is 13.0. The number of likely N-dealkylation sites (tertiary alicyclic amines) is 1. The molecule has 12 nitrogen and oxygen atoms in total. The van der Waals surface area contributed by atoms with Gasteiger partial charge in [0.05, 0.1) is 32.4 Å². The van der Waals surface area contributed by atoms with Gasteiger partial charge in [-0.3, -0.25) is 19.4 Å². The van der Waals surface area contributed by atoms with Gasteiger partial charge in [0.25, 0.3) is 5.91 Å². The molecule has 4 saturated heterocycles. The molecule has 3 aromatic carbocycles. The summed E-state index contributed by atoms with van der Waals surface area (Å²) < 4.78 is 38.1. The molecular formula is C41H43Cl2FN4O8. The number of para-hydroxylation sites is 1. The van der Waals surface area contributed by atoms with E-state index in [1.165, 1.54) is 25.2 Å². The fourth-order valence-corrected chi connectivity index (χ4v) is 8.02. The van der Waals surface area contributed by atoms with Crippen LogP contribution in [0.25, 0.3) is 0 Å². The molecular weight excluding hydrogens is 766 g/mol. The molecule has 2 bridgehead atoms. The molecule has 15 heteroatoms. The zero-order valence-electron chi connectivity index (χ0n) is 31.0. The molecule has 0 spiro atoms. The number of methoxy groups -OCH3 is 2. The smallest absolute Gasteiger partial charge is 0.415 e. The Balaban J connectivity index is 0.00000532. The van der Waals surface area contributed by atoms with Gasteiger partial charge in [-0.05, 0) is 79.4 Å². The number of esters is 1. The zero-order chi connectivity index (χ0) is 38.6. The number of fused-ring (bicyclic) bond motifs is 3. The first-order valence-corrected chi connectivity index (χ1v) is 19.0. The number of hydrogen-bond acceptors (Lipinski definition) is 9. The van der Waals surface area contributed by atoms with Crippen LogP contribution >= 0.6 is 23.2 Å². The molecule has 2 atom stereocenters. The third-order valence-electron chi connectivity index (χ3n) is 10.7. The van der Waals surface area contributed by atoms with E-state index in [0.29, 0.717) is 50.3 Å². The molecule has 4 aromatic rings. The van der Waals surface area contributed by atoms with Gasteiger partial charge >= 0.3 is 12.1 Å². The molecule has 4 fully saturated rings. The van der Waals surface area contributed by atoms with E-state index in [1.54, 1.807) is 78.0 Å². The predicted octanol–water partition coefficient (Wildman–Crippen LogP) is 6.62. The lowest BCUT2D eigenvalue weighted by molar-refractivity contribution is -0.377. The van der Waals surface area contributed by atoms with Crippen molar-refractivity contribution in [2.24, 2.45) is 11.8 Å². The number of aromatic nitrogens is 1. The number of ether oxygens (including phenoxy) is 4. The molecule has 2 amide bonds. The zero-order valence-corrected chi connectivity index (χ0v) is 32.5. The van der Waals surface area contributed by atoms with Crippen LogP contribution in [0.5, 0.6) is 11.5 Å². The van der Waals surface area contributed by atoms with Crippen molar-refractivity contribution in [2.45, 2.75) is 38.0 Å². The second-order valence-electron chi connectivity index (χ2n) is 14.1. The number of H-pyrrole nitrogens is 1. The molecule has 0 aliphatic carbocycles. The third-order valence-corrected chi connectivity index (χ3v) is 11.3. The van der Waals surface area contributed by atoms with Crippen LogP contribution in [-0.4, -0.2) is 86.3 Å². The molecule has 4 aliphatic rings. The Morgan fingerprint density at radius 3 is 2.29 bits per heavy atom. The highest BCUT2D eigenvalue weighted by Crippen LogP contribution is 2.36. The Labute approximate surface area is 334 Å². The first-order chi connectivity index (χ1) is 26.6. The van der Waals surface area contributed by atoms with E-state index in [-0.39, 0.29) is 55.1 Å². The maximum absolute atomic E-state index is 15.1. The van der Waals surface area contributed by atoms with Crippen molar-refractivity contribution in [1.29, 1.82) is 0 Å². The maximum atomic E-state index is 15.1. The minimum atomic E-state index is -0.777. The number of nitrogens with one attached hydrogen (secondary N) is 1. The first-order valence-electron chi connectivity index (χ1n) is 18.2. The standard InChI is InChI=1S/C41H41Cl2FN4O7.H2O/c1-52-35-11-10-27(17-37(35)53-2)36(18-30-31(42)19-45-20-32(30)43)54-40(50)29-22-47(23-29)39(49)28-7-5-6-25(16-28)21-48(34-9-4-3-8-33(34)44)41(51)55-38-24-46-14-12-26(38)13-15-46;/h3-11,16-17,19-20,26,29,36,38H,12-15,18,21-24H2,1-2H3;1H2/t36-,38-;/m0./s1. The minimum absolute atomic E-state index is 0. The summed E-state index contributed by atoms with van der Waals surface area (Å²) in [7, 11) is 3.05. The van der Waals surface area contributed by atoms with Gasteiger partial charge in [0.2, 0.25) is 0 Å². The Morgan fingerprint density at radius 2 is 1.62 bits per heavy atom. The summed E-state index contributed by atoms with van der Waals surface area (Å²) in [6, 6.07) is 18.2. The van der Waals surface area contributed by atoms with Gasteiger partial charge in [-0.2, -0.15) is 0 Å². The Hall–Kier alpha value is -4.95. The second-order valence-corrected chi connectivity index (χ2v) is 14.9. The molecule has 4 aliphatic heterocycles. The lowest BCUT2D eigenvalue weighted by Gasteiger charge is -2.44. The fourth-order valence-electron chi connectivity index (χ4n) is 7.49. The van der Waals surface area contributed by atoms with Crippen molar-refractivity contribution in [1.82, 2.24) is 9.80 Å². The number of hydrogen-bond donors (Lipinski definition) is 0. The van der Waals surface area contributed by atoms with Crippen molar-refractivity contribution < 1.29 is 48.2 Å². The number of nitrogens with zero attached hydrogens (tertiary/aromatic N) is 3. The number of amides is 2. The van der Waals surface area contributed by atoms with E-state index < -0.39 is 29.9 Å². The summed E-state index contributed by atoms with van der Waals surface area (Å²) in [4.78, 5) is 48.9. The van der Waals surface area contributed by atoms with Gasteiger partial charge in [-0.1, -0.05) is 53.5 Å². The van der Waals surface area contributed by atoms with Gasteiger partial charge in [0, 0.05) is 37.2 Å². The molecule has 2 N–H and O–H groups in total. The summed E-state index contributed by atoms with van der Waals surface area (Å²) >= 11 is 12.9. The molecule has 0 radical (unpaired) electrons. The van der Waals surface area contributed by atoms with Gasteiger partial charge in [0.15, 0.2) is 23.9 Å². The molecule has 0 saturated carbocycles. The number of pyridine rings is 1. The van der Waals surface area contributed by atoms with Crippen LogP contribution in [0, 0.1) is 17.7 Å². The van der Waals surface area contributed by atoms with Crippen LogP contribution in [0.2, 0.25) is 10.0 Å². The quantitative estimate of drug-likeness (QED) is 0.144. The van der Waals surface area contributed by atoms with Crippen molar-refractivity contribution in [3.63, 3.8) is 0 Å². The largest absolute Gasteiger partial charge is 0.870 e. The number of benzene rings is 3. The highest BCUT2D eigenvalue weighted by molar-refractivity contribution is 6.35.